The highest BCUT2D eigenvalue weighted by Gasteiger charge is 2.22. The van der Waals surface area contributed by atoms with Crippen molar-refractivity contribution in [2.24, 2.45) is 11.7 Å². The summed E-state index contributed by atoms with van der Waals surface area (Å²) in [5.41, 5.74) is 8.33. The van der Waals surface area contributed by atoms with E-state index in [1.807, 2.05) is 36.4 Å². The van der Waals surface area contributed by atoms with Crippen LogP contribution in [0.15, 0.2) is 48.5 Å². The molecule has 3 rings (SSSR count). The van der Waals surface area contributed by atoms with Crippen LogP contribution < -0.4 is 15.8 Å². The zero-order chi connectivity index (χ0) is 20.6. The van der Waals surface area contributed by atoms with Crippen molar-refractivity contribution >= 4 is 17.5 Å². The maximum Gasteiger partial charge on any atom is 0.228 e. The Morgan fingerprint density at radius 3 is 2.48 bits per heavy atom. The molecule has 1 aliphatic heterocycles. The zero-order valence-corrected chi connectivity index (χ0v) is 16.9. The molecule has 2 amide bonds. The summed E-state index contributed by atoms with van der Waals surface area (Å²) in [7, 11) is 1.61. The highest BCUT2D eigenvalue weighted by atomic mass is 16.5. The molecule has 0 spiro atoms. The van der Waals surface area contributed by atoms with Gasteiger partial charge in [0, 0.05) is 18.2 Å². The maximum atomic E-state index is 12.3. The van der Waals surface area contributed by atoms with Crippen molar-refractivity contribution in [1.29, 1.82) is 0 Å². The van der Waals surface area contributed by atoms with Gasteiger partial charge >= 0.3 is 0 Å². The fourth-order valence-corrected chi connectivity index (χ4v) is 3.66. The lowest BCUT2D eigenvalue weighted by Crippen LogP contribution is -2.39. The van der Waals surface area contributed by atoms with Crippen LogP contribution in [0.25, 0.3) is 0 Å². The molecule has 1 aliphatic rings. The quantitative estimate of drug-likeness (QED) is 0.720. The summed E-state index contributed by atoms with van der Waals surface area (Å²) < 4.78 is 5.19. The highest BCUT2D eigenvalue weighted by molar-refractivity contribution is 5.92. The summed E-state index contributed by atoms with van der Waals surface area (Å²) in [4.78, 5) is 25.9. The van der Waals surface area contributed by atoms with E-state index >= 15 is 0 Å². The smallest absolute Gasteiger partial charge is 0.228 e. The number of methoxy groups -OCH3 is 1. The van der Waals surface area contributed by atoms with E-state index in [0.717, 1.165) is 55.9 Å². The third-order valence-corrected chi connectivity index (χ3v) is 5.44. The number of ether oxygens (including phenoxy) is 1. The summed E-state index contributed by atoms with van der Waals surface area (Å²) in [5.74, 6) is 0.557. The number of rotatable bonds is 8. The molecule has 2 aromatic rings. The van der Waals surface area contributed by atoms with Crippen LogP contribution in [-0.4, -0.2) is 43.5 Å². The molecule has 0 saturated carbocycles. The van der Waals surface area contributed by atoms with Crippen LogP contribution in [-0.2, 0) is 22.4 Å². The van der Waals surface area contributed by atoms with Gasteiger partial charge in [0.05, 0.1) is 13.5 Å². The van der Waals surface area contributed by atoms with Gasteiger partial charge in [-0.25, -0.2) is 0 Å². The molecule has 0 radical (unpaired) electrons. The number of nitrogens with one attached hydrogen (secondary N) is 1. The van der Waals surface area contributed by atoms with E-state index < -0.39 is 0 Å². The van der Waals surface area contributed by atoms with Gasteiger partial charge in [-0.05, 0) is 67.7 Å². The van der Waals surface area contributed by atoms with E-state index in [-0.39, 0.29) is 17.7 Å². The zero-order valence-electron chi connectivity index (χ0n) is 16.9. The predicted molar refractivity (Wildman–Crippen MR) is 114 cm³/mol. The van der Waals surface area contributed by atoms with E-state index in [1.54, 1.807) is 7.11 Å². The number of benzene rings is 2. The van der Waals surface area contributed by atoms with Crippen LogP contribution in [0.2, 0.25) is 0 Å². The Bertz CT molecular complexity index is 828. The van der Waals surface area contributed by atoms with Crippen molar-refractivity contribution in [2.75, 3.05) is 32.1 Å². The number of anilines is 1. The van der Waals surface area contributed by atoms with Gasteiger partial charge in [0.1, 0.15) is 5.75 Å². The topological polar surface area (TPSA) is 84.7 Å². The molecule has 3 N–H and O–H groups in total. The van der Waals surface area contributed by atoms with Gasteiger partial charge in [0.25, 0.3) is 0 Å². The van der Waals surface area contributed by atoms with Crippen molar-refractivity contribution in [3.63, 3.8) is 0 Å². The fraction of sp³-hybridized carbons (Fsp3) is 0.391. The molecule has 2 aromatic carbocycles. The second-order valence-corrected chi connectivity index (χ2v) is 7.54. The Hall–Kier alpha value is -2.86. The second kappa shape index (κ2) is 10.1. The average molecular weight is 396 g/mol. The lowest BCUT2D eigenvalue weighted by molar-refractivity contribution is -0.123. The minimum atomic E-state index is -0.173. The van der Waals surface area contributed by atoms with Crippen molar-refractivity contribution in [2.45, 2.75) is 25.7 Å². The Morgan fingerprint density at radius 2 is 1.83 bits per heavy atom. The van der Waals surface area contributed by atoms with E-state index in [2.05, 4.69) is 22.3 Å². The molecule has 154 valence electrons. The van der Waals surface area contributed by atoms with Crippen LogP contribution in [0, 0.1) is 5.92 Å². The molecular formula is C23H29N3O3. The Labute approximate surface area is 172 Å². The van der Waals surface area contributed by atoms with E-state index in [1.165, 1.54) is 5.56 Å². The third-order valence-electron chi connectivity index (χ3n) is 5.44. The van der Waals surface area contributed by atoms with Gasteiger partial charge in [-0.3, -0.25) is 9.59 Å². The SMILES string of the molecule is COc1cccc(CC(=O)Nc2ccc(CCN3CCC(C(N)=O)CC3)cc2)c1. The first-order chi connectivity index (χ1) is 14.0. The standard InChI is InChI=1S/C23H29N3O3/c1-29-21-4-2-3-18(15-21)16-22(27)25-20-7-5-17(6-8-20)9-12-26-13-10-19(11-14-26)23(24)28/h2-8,15,19H,9-14,16H2,1H3,(H2,24,28)(H,25,27). The molecular weight excluding hydrogens is 366 g/mol. The first-order valence-corrected chi connectivity index (χ1v) is 10.1. The molecule has 0 atom stereocenters. The number of likely N-dealkylation sites (tertiary alicyclic amines) is 1. The average Bonchev–Trinajstić information content (AvgIpc) is 2.73. The Kier molecular flexibility index (Phi) is 7.25. The first-order valence-electron chi connectivity index (χ1n) is 10.1. The lowest BCUT2D eigenvalue weighted by Gasteiger charge is -2.30. The highest BCUT2D eigenvalue weighted by Crippen LogP contribution is 2.18. The van der Waals surface area contributed by atoms with Crippen molar-refractivity contribution in [1.82, 2.24) is 4.90 Å². The molecule has 0 aliphatic carbocycles. The van der Waals surface area contributed by atoms with Gasteiger partial charge in [0.15, 0.2) is 0 Å². The molecule has 1 fully saturated rings. The Balaban J connectivity index is 1.44. The van der Waals surface area contributed by atoms with Gasteiger partial charge in [-0.2, -0.15) is 0 Å². The number of carbonyl (C=O) groups is 2. The summed E-state index contributed by atoms with van der Waals surface area (Å²) in [6, 6.07) is 15.5. The minimum Gasteiger partial charge on any atom is -0.497 e. The largest absolute Gasteiger partial charge is 0.497 e. The van der Waals surface area contributed by atoms with Crippen molar-refractivity contribution < 1.29 is 14.3 Å². The van der Waals surface area contributed by atoms with Gasteiger partial charge in [-0.1, -0.05) is 24.3 Å². The molecule has 29 heavy (non-hydrogen) atoms. The molecule has 6 nitrogen and oxygen atoms in total. The molecule has 1 saturated heterocycles. The van der Waals surface area contributed by atoms with Crippen LogP contribution in [0.5, 0.6) is 5.75 Å². The molecule has 0 bridgehead atoms. The van der Waals surface area contributed by atoms with Crippen molar-refractivity contribution in [3.8, 4) is 5.75 Å². The second-order valence-electron chi connectivity index (χ2n) is 7.54. The molecule has 0 unspecified atom stereocenters. The number of amides is 2. The summed E-state index contributed by atoms with van der Waals surface area (Å²) in [5, 5.41) is 2.94. The van der Waals surface area contributed by atoms with E-state index in [0.29, 0.717) is 6.42 Å². The Morgan fingerprint density at radius 1 is 1.10 bits per heavy atom. The molecule has 6 heteroatoms. The number of nitrogens with zero attached hydrogens (tertiary/aromatic N) is 1. The summed E-state index contributed by atoms with van der Waals surface area (Å²) in [6.45, 7) is 2.81. The summed E-state index contributed by atoms with van der Waals surface area (Å²) >= 11 is 0. The van der Waals surface area contributed by atoms with Crippen LogP contribution in [0.4, 0.5) is 5.69 Å². The number of hydrogen-bond donors (Lipinski definition) is 2. The van der Waals surface area contributed by atoms with Crippen LogP contribution in [0.1, 0.15) is 24.0 Å². The number of piperidine rings is 1. The molecule has 0 aromatic heterocycles. The van der Waals surface area contributed by atoms with Crippen LogP contribution >= 0.6 is 0 Å². The summed E-state index contributed by atoms with van der Waals surface area (Å²) in [6.07, 6.45) is 2.96. The fourth-order valence-electron chi connectivity index (χ4n) is 3.66. The van der Waals surface area contributed by atoms with E-state index in [4.69, 9.17) is 10.5 Å². The van der Waals surface area contributed by atoms with Crippen LogP contribution in [0.3, 0.4) is 0 Å². The van der Waals surface area contributed by atoms with E-state index in [9.17, 15) is 9.59 Å². The molecule has 1 heterocycles. The maximum absolute atomic E-state index is 12.3. The van der Waals surface area contributed by atoms with Crippen molar-refractivity contribution in [3.05, 3.63) is 59.7 Å². The van der Waals surface area contributed by atoms with Gasteiger partial charge < -0.3 is 20.7 Å². The van der Waals surface area contributed by atoms with Gasteiger partial charge in [0.2, 0.25) is 11.8 Å². The number of hydrogen-bond acceptors (Lipinski definition) is 4. The third kappa shape index (κ3) is 6.32. The van der Waals surface area contributed by atoms with Gasteiger partial charge in [-0.15, -0.1) is 0 Å². The minimum absolute atomic E-state index is 0.0334. The number of primary amides is 1. The number of carbonyl (C=O) groups excluding carboxylic acids is 2. The lowest BCUT2D eigenvalue weighted by atomic mass is 9.96. The number of nitrogens with two attached hydrogens (primary N) is 1. The monoisotopic (exact) mass is 395 g/mol. The first kappa shape index (κ1) is 20.9. The predicted octanol–water partition coefficient (Wildman–Crippen LogP) is 2.62. The normalized spacial score (nSPS) is 15.1.